The number of imidazole rings is 1. The van der Waals surface area contributed by atoms with Gasteiger partial charge in [0, 0.05) is 39.9 Å². The van der Waals surface area contributed by atoms with Crippen molar-refractivity contribution in [2.24, 2.45) is 0 Å². The van der Waals surface area contributed by atoms with Crippen molar-refractivity contribution in [3.63, 3.8) is 0 Å². The van der Waals surface area contributed by atoms with Gasteiger partial charge in [-0.3, -0.25) is 9.55 Å². The Labute approximate surface area is 432 Å². The smallest absolute Gasteiger partial charge is 0.148 e. The van der Waals surface area contributed by atoms with Crippen molar-refractivity contribution in [3.05, 3.63) is 192 Å². The van der Waals surface area contributed by atoms with Crippen molar-refractivity contribution in [2.75, 3.05) is 0 Å². The Hall–Kier alpha value is -6.35. The average Bonchev–Trinajstić information content (AvgIpc) is 3.72. The van der Waals surface area contributed by atoms with Crippen molar-refractivity contribution in [2.45, 2.75) is 112 Å². The number of pyridine rings is 1. The molecule has 2 heterocycles. The molecule has 0 saturated carbocycles. The minimum absolute atomic E-state index is 0. The van der Waals surface area contributed by atoms with Crippen LogP contribution in [0.1, 0.15) is 130 Å². The first-order valence-corrected chi connectivity index (χ1v) is 24.5. The van der Waals surface area contributed by atoms with E-state index in [-0.39, 0.29) is 49.5 Å². The van der Waals surface area contributed by atoms with Gasteiger partial charge in [0.25, 0.3) is 0 Å². The van der Waals surface area contributed by atoms with E-state index < -0.39 is 5.89 Å². The zero-order valence-electron chi connectivity index (χ0n) is 43.8. The van der Waals surface area contributed by atoms with Crippen LogP contribution in [0.3, 0.4) is 0 Å². The molecule has 0 saturated heterocycles. The molecule has 9 rings (SSSR count). The normalized spacial score (nSPS) is 12.4. The summed E-state index contributed by atoms with van der Waals surface area (Å²) in [5.41, 5.74) is 18.6. The van der Waals surface area contributed by atoms with Gasteiger partial charge in [0.05, 0.1) is 22.3 Å². The maximum Gasteiger partial charge on any atom is 0.148 e. The Bertz CT molecular complexity index is 3370. The van der Waals surface area contributed by atoms with E-state index in [0.29, 0.717) is 11.4 Å². The van der Waals surface area contributed by atoms with Crippen molar-refractivity contribution in [3.8, 4) is 78.6 Å². The molecule has 7 aromatic carbocycles. The summed E-state index contributed by atoms with van der Waals surface area (Å²) < 4.78 is 10.8. The minimum atomic E-state index is -0.679. The van der Waals surface area contributed by atoms with Gasteiger partial charge < -0.3 is 5.11 Å². The topological polar surface area (TPSA) is 50.9 Å². The zero-order valence-corrected chi connectivity index (χ0v) is 45.0. The summed E-state index contributed by atoms with van der Waals surface area (Å²) in [6.45, 7) is 26.1. The summed E-state index contributed by atoms with van der Waals surface area (Å²) in [6.07, 6.45) is 1.88. The van der Waals surface area contributed by atoms with E-state index in [4.69, 9.17) is 11.3 Å². The van der Waals surface area contributed by atoms with Crippen LogP contribution in [0.5, 0.6) is 5.75 Å². The van der Waals surface area contributed by atoms with Gasteiger partial charge in [0.2, 0.25) is 0 Å². The molecule has 5 heteroatoms. The fourth-order valence-electron chi connectivity index (χ4n) is 9.50. The SMILES string of the molecule is [2H]C(C)(C)c1ccc(-c2ccnc(-c3[c-]c(-c4cccc5c4nc(-c4cc(C(C)C)cc(C(C)C)c4O)n5-c4cc(-c5ccccc5)c(C(C)(C)C)cc4-c4ccccc4)cc(C(C)(C)C)c3)c2)cc1.[Pt]. The summed E-state index contributed by atoms with van der Waals surface area (Å²) in [4.78, 5) is 10.7. The van der Waals surface area contributed by atoms with Crippen LogP contribution in [0.15, 0.2) is 158 Å². The molecule has 1 N–H and O–H groups in total. The number of nitrogens with zero attached hydrogens (tertiary/aromatic N) is 3. The number of hydrogen-bond donors (Lipinski definition) is 1. The summed E-state index contributed by atoms with van der Waals surface area (Å²) in [6, 6.07) is 57.7. The first-order valence-electron chi connectivity index (χ1n) is 25.0. The number of benzene rings is 7. The molecule has 2 aromatic heterocycles. The van der Waals surface area contributed by atoms with E-state index in [9.17, 15) is 5.11 Å². The molecule has 9 aromatic rings. The van der Waals surface area contributed by atoms with Gasteiger partial charge in [0.1, 0.15) is 11.6 Å². The fraction of sp³-hybridized carbons (Fsp3) is 0.262. The molecule has 0 aliphatic heterocycles. The van der Waals surface area contributed by atoms with E-state index in [1.165, 1.54) is 5.56 Å². The molecule has 0 atom stereocenters. The van der Waals surface area contributed by atoms with E-state index in [0.717, 1.165) is 94.7 Å². The number of phenols is 1. The molecule has 358 valence electrons. The second-order valence-corrected chi connectivity index (χ2v) is 21.6. The monoisotopic (exact) mass is 1100 g/mol. The third kappa shape index (κ3) is 9.86. The molecule has 0 unspecified atom stereocenters. The Morgan fingerprint density at radius 2 is 1.20 bits per heavy atom. The van der Waals surface area contributed by atoms with Gasteiger partial charge in [-0.1, -0.05) is 203 Å². The van der Waals surface area contributed by atoms with Crippen LogP contribution in [-0.2, 0) is 31.9 Å². The summed E-state index contributed by atoms with van der Waals surface area (Å²) in [5, 5.41) is 12.5. The molecule has 4 nitrogen and oxygen atoms in total. The standard InChI is InChI=1S/C65H66N3O.Pt/c1-40(2)43-26-28-44(29-27-43)47-30-31-66-58(37-47)50-32-49(33-51(34-50)64(7,8)9)52-24-19-25-59-61(52)67-63(56-36-48(41(3)4)35-53(42(5)6)62(56)69)68(59)60-39-54(45-20-15-13-16-21-45)57(65(10,11)12)38-55(60)46-22-17-14-18-23-46;/h13-31,33-42,69H,1-12H3;/q-1;/i40D;. The van der Waals surface area contributed by atoms with Crippen LogP contribution in [0.25, 0.3) is 83.9 Å². The van der Waals surface area contributed by atoms with Crippen molar-refractivity contribution < 1.29 is 27.5 Å². The minimum Gasteiger partial charge on any atom is -0.507 e. The van der Waals surface area contributed by atoms with Gasteiger partial charge in [-0.2, -0.15) is 0 Å². The predicted octanol–water partition coefficient (Wildman–Crippen LogP) is 17.9. The number of hydrogen-bond acceptors (Lipinski definition) is 3. The average molecular weight is 1100 g/mol. The van der Waals surface area contributed by atoms with Gasteiger partial charge in [-0.15, -0.1) is 29.3 Å². The van der Waals surface area contributed by atoms with Crippen LogP contribution >= 0.6 is 0 Å². The quantitative estimate of drug-likeness (QED) is 0.139. The number of rotatable bonds is 10. The van der Waals surface area contributed by atoms with Crippen LogP contribution in [-0.4, -0.2) is 19.6 Å². The van der Waals surface area contributed by atoms with Crippen LogP contribution in [0.2, 0.25) is 0 Å². The molecular weight excluding hydrogens is 1030 g/mol. The van der Waals surface area contributed by atoms with Crippen molar-refractivity contribution in [1.29, 1.82) is 0 Å². The first kappa shape index (κ1) is 48.7. The molecule has 70 heavy (non-hydrogen) atoms. The van der Waals surface area contributed by atoms with Crippen LogP contribution < -0.4 is 0 Å². The van der Waals surface area contributed by atoms with Gasteiger partial charge in [-0.25, -0.2) is 4.98 Å². The maximum absolute atomic E-state index is 12.5. The van der Waals surface area contributed by atoms with Crippen molar-refractivity contribution >= 4 is 11.0 Å². The molecule has 0 radical (unpaired) electrons. The number of aromatic nitrogens is 3. The van der Waals surface area contributed by atoms with Crippen LogP contribution in [0.4, 0.5) is 0 Å². The Balaban J connectivity index is 0.00000676. The molecular formula is C65H66N3OPt-. The zero-order chi connectivity index (χ0) is 49.9. The van der Waals surface area contributed by atoms with E-state index >= 15 is 0 Å². The van der Waals surface area contributed by atoms with Crippen LogP contribution in [0, 0.1) is 6.07 Å². The summed E-state index contributed by atoms with van der Waals surface area (Å²) in [5.74, 6) is 0.542. The number of fused-ring (bicyclic) bond motifs is 1. The third-order valence-corrected chi connectivity index (χ3v) is 13.6. The molecule has 0 amide bonds. The van der Waals surface area contributed by atoms with Gasteiger partial charge in [0.15, 0.2) is 0 Å². The molecule has 0 spiro atoms. The fourth-order valence-corrected chi connectivity index (χ4v) is 9.50. The summed E-state index contributed by atoms with van der Waals surface area (Å²) >= 11 is 0. The molecule has 0 aliphatic carbocycles. The number of aromatic hydroxyl groups is 1. The predicted molar refractivity (Wildman–Crippen MR) is 292 cm³/mol. The molecule has 0 fully saturated rings. The van der Waals surface area contributed by atoms with Gasteiger partial charge >= 0.3 is 0 Å². The van der Waals surface area contributed by atoms with Crippen molar-refractivity contribution in [1.82, 2.24) is 14.5 Å². The summed E-state index contributed by atoms with van der Waals surface area (Å²) in [7, 11) is 0. The van der Waals surface area contributed by atoms with Gasteiger partial charge in [-0.05, 0) is 109 Å². The second kappa shape index (κ2) is 19.8. The third-order valence-electron chi connectivity index (χ3n) is 13.6. The first-order chi connectivity index (χ1) is 33.2. The Morgan fingerprint density at radius 1 is 0.557 bits per heavy atom. The van der Waals surface area contributed by atoms with E-state index in [1.54, 1.807) is 0 Å². The number of para-hydroxylation sites is 1. The Kier molecular flexibility index (Phi) is 13.8. The second-order valence-electron chi connectivity index (χ2n) is 21.6. The largest absolute Gasteiger partial charge is 0.507 e. The van der Waals surface area contributed by atoms with E-state index in [1.807, 2.05) is 38.2 Å². The molecule has 0 aliphatic rings. The Morgan fingerprint density at radius 3 is 1.80 bits per heavy atom. The molecule has 0 bridgehead atoms. The maximum atomic E-state index is 12.5. The van der Waals surface area contributed by atoms with E-state index in [2.05, 4.69) is 213 Å². The number of phenolic OH excluding ortho intramolecular Hbond substituents is 1.